The summed E-state index contributed by atoms with van der Waals surface area (Å²) in [4.78, 5) is 2.61. The molecule has 1 saturated heterocycles. The molecule has 0 aromatic heterocycles. The summed E-state index contributed by atoms with van der Waals surface area (Å²) in [6, 6.07) is 0.810. The number of hydrogen-bond acceptors (Lipinski definition) is 3. The third kappa shape index (κ3) is 5.28. The van der Waals surface area contributed by atoms with Gasteiger partial charge in [-0.15, -0.1) is 0 Å². The monoisotopic (exact) mass is 229 g/mol. The van der Waals surface area contributed by atoms with Crippen LogP contribution in [-0.2, 0) is 9.47 Å². The predicted octanol–water partition coefficient (Wildman–Crippen LogP) is 2.30. The molecule has 0 amide bonds. The summed E-state index contributed by atoms with van der Waals surface area (Å²) < 4.78 is 10.5. The molecule has 1 unspecified atom stereocenters. The lowest BCUT2D eigenvalue weighted by molar-refractivity contribution is 0.0410. The number of hydrogen-bond donors (Lipinski definition) is 0. The standard InChI is InChI=1S/C13H27NO2/c1-3-6-13-7-4-5-8-14(13)9-10-16-12-11-15-2/h13H,3-12H2,1-2H3. The van der Waals surface area contributed by atoms with E-state index in [0.717, 1.165) is 25.8 Å². The van der Waals surface area contributed by atoms with Gasteiger partial charge in [0.1, 0.15) is 0 Å². The first-order valence-corrected chi connectivity index (χ1v) is 6.69. The predicted molar refractivity (Wildman–Crippen MR) is 66.8 cm³/mol. The second kappa shape index (κ2) is 8.97. The summed E-state index contributed by atoms with van der Waals surface area (Å²) in [5.41, 5.74) is 0. The highest BCUT2D eigenvalue weighted by Crippen LogP contribution is 2.20. The maximum atomic E-state index is 5.54. The van der Waals surface area contributed by atoms with Gasteiger partial charge in [0.2, 0.25) is 0 Å². The lowest BCUT2D eigenvalue weighted by Crippen LogP contribution is -2.41. The molecule has 16 heavy (non-hydrogen) atoms. The minimum Gasteiger partial charge on any atom is -0.382 e. The molecule has 96 valence electrons. The van der Waals surface area contributed by atoms with Gasteiger partial charge in [0, 0.05) is 19.7 Å². The molecule has 0 bridgehead atoms. The largest absolute Gasteiger partial charge is 0.382 e. The highest BCUT2D eigenvalue weighted by molar-refractivity contribution is 4.76. The second-order valence-electron chi connectivity index (χ2n) is 4.58. The molecule has 1 aliphatic heterocycles. The van der Waals surface area contributed by atoms with E-state index in [0.29, 0.717) is 6.61 Å². The molecular weight excluding hydrogens is 202 g/mol. The van der Waals surface area contributed by atoms with Crippen molar-refractivity contribution in [2.45, 2.75) is 45.1 Å². The van der Waals surface area contributed by atoms with Gasteiger partial charge < -0.3 is 9.47 Å². The Hall–Kier alpha value is -0.120. The van der Waals surface area contributed by atoms with Crippen LogP contribution in [0.5, 0.6) is 0 Å². The van der Waals surface area contributed by atoms with Crippen LogP contribution in [0.25, 0.3) is 0 Å². The molecule has 0 aromatic rings. The molecule has 0 N–H and O–H groups in total. The Morgan fingerprint density at radius 1 is 1.19 bits per heavy atom. The van der Waals surface area contributed by atoms with Crippen molar-refractivity contribution in [1.29, 1.82) is 0 Å². The van der Waals surface area contributed by atoms with Crippen molar-refractivity contribution < 1.29 is 9.47 Å². The molecule has 1 heterocycles. The van der Waals surface area contributed by atoms with E-state index in [-0.39, 0.29) is 0 Å². The topological polar surface area (TPSA) is 21.7 Å². The van der Waals surface area contributed by atoms with E-state index in [1.54, 1.807) is 7.11 Å². The van der Waals surface area contributed by atoms with Crippen molar-refractivity contribution in [3.8, 4) is 0 Å². The quantitative estimate of drug-likeness (QED) is 0.596. The van der Waals surface area contributed by atoms with Crippen LogP contribution in [0.1, 0.15) is 39.0 Å². The van der Waals surface area contributed by atoms with E-state index in [4.69, 9.17) is 9.47 Å². The van der Waals surface area contributed by atoms with E-state index in [9.17, 15) is 0 Å². The zero-order valence-electron chi connectivity index (χ0n) is 10.9. The van der Waals surface area contributed by atoms with Gasteiger partial charge in [-0.3, -0.25) is 4.90 Å². The third-order valence-electron chi connectivity index (χ3n) is 3.33. The van der Waals surface area contributed by atoms with Gasteiger partial charge in [0.05, 0.1) is 19.8 Å². The fourth-order valence-corrected chi connectivity index (χ4v) is 2.44. The number of nitrogens with zero attached hydrogens (tertiary/aromatic N) is 1. The first kappa shape index (κ1) is 13.9. The zero-order chi connectivity index (χ0) is 11.6. The minimum absolute atomic E-state index is 0.707. The lowest BCUT2D eigenvalue weighted by atomic mass is 9.98. The summed E-state index contributed by atoms with van der Waals surface area (Å²) >= 11 is 0. The molecule has 1 fully saturated rings. The second-order valence-corrected chi connectivity index (χ2v) is 4.58. The van der Waals surface area contributed by atoms with Crippen LogP contribution in [0.15, 0.2) is 0 Å². The van der Waals surface area contributed by atoms with E-state index >= 15 is 0 Å². The highest BCUT2D eigenvalue weighted by Gasteiger charge is 2.20. The molecule has 0 saturated carbocycles. The molecule has 0 radical (unpaired) electrons. The minimum atomic E-state index is 0.707. The molecule has 3 heteroatoms. The summed E-state index contributed by atoms with van der Waals surface area (Å²) in [6.07, 6.45) is 6.79. The summed E-state index contributed by atoms with van der Waals surface area (Å²) in [5, 5.41) is 0. The van der Waals surface area contributed by atoms with Crippen molar-refractivity contribution in [1.82, 2.24) is 4.90 Å². The molecule has 3 nitrogen and oxygen atoms in total. The van der Waals surface area contributed by atoms with Gasteiger partial charge in [0.25, 0.3) is 0 Å². The first-order valence-electron chi connectivity index (χ1n) is 6.69. The van der Waals surface area contributed by atoms with Crippen LogP contribution in [0.2, 0.25) is 0 Å². The van der Waals surface area contributed by atoms with E-state index in [1.807, 2.05) is 0 Å². The fraction of sp³-hybridized carbons (Fsp3) is 1.00. The Labute approximate surface area is 100 Å². The van der Waals surface area contributed by atoms with Gasteiger partial charge >= 0.3 is 0 Å². The Bertz CT molecular complexity index is 162. The van der Waals surface area contributed by atoms with Gasteiger partial charge in [-0.2, -0.15) is 0 Å². The maximum Gasteiger partial charge on any atom is 0.0700 e. The van der Waals surface area contributed by atoms with Gasteiger partial charge in [-0.25, -0.2) is 0 Å². The molecule has 0 aliphatic carbocycles. The average Bonchev–Trinajstić information content (AvgIpc) is 2.31. The van der Waals surface area contributed by atoms with Crippen LogP contribution < -0.4 is 0 Å². The SMILES string of the molecule is CCCC1CCCCN1CCOCCOC. The van der Waals surface area contributed by atoms with Gasteiger partial charge in [-0.05, 0) is 25.8 Å². The van der Waals surface area contributed by atoms with E-state index < -0.39 is 0 Å². The van der Waals surface area contributed by atoms with Gasteiger partial charge in [-0.1, -0.05) is 19.8 Å². The summed E-state index contributed by atoms with van der Waals surface area (Å²) in [6.45, 7) is 6.92. The summed E-state index contributed by atoms with van der Waals surface area (Å²) in [7, 11) is 1.71. The van der Waals surface area contributed by atoms with E-state index in [2.05, 4.69) is 11.8 Å². The Morgan fingerprint density at radius 2 is 2.06 bits per heavy atom. The molecule has 1 aliphatic rings. The Balaban J connectivity index is 2.11. The molecule has 0 spiro atoms. The van der Waals surface area contributed by atoms with Crippen LogP contribution in [0, 0.1) is 0 Å². The number of methoxy groups -OCH3 is 1. The Morgan fingerprint density at radius 3 is 2.81 bits per heavy atom. The van der Waals surface area contributed by atoms with Crippen LogP contribution in [-0.4, -0.2) is 51.0 Å². The number of likely N-dealkylation sites (tertiary alicyclic amines) is 1. The Kier molecular flexibility index (Phi) is 7.81. The van der Waals surface area contributed by atoms with Crippen molar-refractivity contribution in [3.63, 3.8) is 0 Å². The normalized spacial score (nSPS) is 22.5. The molecule has 0 aromatic carbocycles. The number of rotatable bonds is 8. The van der Waals surface area contributed by atoms with Crippen molar-refractivity contribution in [2.75, 3.05) is 40.0 Å². The lowest BCUT2D eigenvalue weighted by Gasteiger charge is -2.35. The third-order valence-corrected chi connectivity index (χ3v) is 3.33. The van der Waals surface area contributed by atoms with Crippen LogP contribution in [0.4, 0.5) is 0 Å². The molecule has 1 rings (SSSR count). The van der Waals surface area contributed by atoms with Crippen molar-refractivity contribution in [2.24, 2.45) is 0 Å². The highest BCUT2D eigenvalue weighted by atomic mass is 16.5. The van der Waals surface area contributed by atoms with Gasteiger partial charge in [0.15, 0.2) is 0 Å². The fourth-order valence-electron chi connectivity index (χ4n) is 2.44. The van der Waals surface area contributed by atoms with Crippen LogP contribution >= 0.6 is 0 Å². The summed E-state index contributed by atoms with van der Waals surface area (Å²) in [5.74, 6) is 0. The van der Waals surface area contributed by atoms with E-state index in [1.165, 1.54) is 38.6 Å². The average molecular weight is 229 g/mol. The maximum absolute atomic E-state index is 5.54. The smallest absolute Gasteiger partial charge is 0.0700 e. The first-order chi connectivity index (χ1) is 7.88. The molecular formula is C13H27NO2. The number of piperidine rings is 1. The number of ether oxygens (including phenoxy) is 2. The van der Waals surface area contributed by atoms with Crippen molar-refractivity contribution in [3.05, 3.63) is 0 Å². The van der Waals surface area contributed by atoms with Crippen LogP contribution in [0.3, 0.4) is 0 Å². The van der Waals surface area contributed by atoms with Crippen molar-refractivity contribution >= 4 is 0 Å². The molecule has 1 atom stereocenters. The zero-order valence-corrected chi connectivity index (χ0v) is 10.9.